The fourth-order valence-corrected chi connectivity index (χ4v) is 2.95. The third-order valence-electron chi connectivity index (χ3n) is 4.29. The maximum atomic E-state index is 11.7. The van der Waals surface area contributed by atoms with Crippen molar-refractivity contribution in [3.05, 3.63) is 34.9 Å². The van der Waals surface area contributed by atoms with Crippen molar-refractivity contribution in [1.29, 1.82) is 0 Å². The molecule has 19 heavy (non-hydrogen) atoms. The van der Waals surface area contributed by atoms with Crippen molar-refractivity contribution >= 4 is 22.6 Å². The number of hydrogen-bond donors (Lipinski definition) is 0. The minimum atomic E-state index is -0.923. The molecule has 3 heteroatoms. The number of Topliss-reactive ketones (excluding diaryl/α,β-unsaturated/α-hetero) is 1. The van der Waals surface area contributed by atoms with Crippen molar-refractivity contribution in [2.75, 3.05) is 0 Å². The van der Waals surface area contributed by atoms with Crippen LogP contribution in [0, 0.1) is 0 Å². The Hall–Kier alpha value is -1.15. The van der Waals surface area contributed by atoms with E-state index in [1.165, 1.54) is 5.56 Å². The van der Waals surface area contributed by atoms with Gasteiger partial charge in [-0.05, 0) is 52.5 Å². The van der Waals surface area contributed by atoms with E-state index < -0.39 is 11.0 Å². The van der Waals surface area contributed by atoms with Crippen LogP contribution in [0.15, 0.2) is 18.2 Å². The van der Waals surface area contributed by atoms with Crippen molar-refractivity contribution in [1.82, 2.24) is 0 Å². The molecule has 2 rings (SSSR count). The molecule has 0 fully saturated rings. The molecule has 0 saturated carbocycles. The number of fused-ring (bicyclic) bond motifs is 1. The van der Waals surface area contributed by atoms with Crippen LogP contribution >= 0.6 is 11.6 Å². The Morgan fingerprint density at radius 2 is 1.53 bits per heavy atom. The van der Waals surface area contributed by atoms with Gasteiger partial charge in [-0.25, -0.2) is 0 Å². The summed E-state index contributed by atoms with van der Waals surface area (Å²) in [4.78, 5) is 22.7. The molecule has 1 aliphatic carbocycles. The van der Waals surface area contributed by atoms with E-state index in [0.29, 0.717) is 5.56 Å². The smallest absolute Gasteiger partial charge is 0.284 e. The second kappa shape index (κ2) is 4.45. The highest BCUT2D eigenvalue weighted by Gasteiger charge is 2.37. The summed E-state index contributed by atoms with van der Waals surface area (Å²) in [6, 6.07) is 5.53. The number of carbonyl (C=O) groups excluding carboxylic acids is 2. The minimum absolute atomic E-state index is 0.0243. The lowest BCUT2D eigenvalue weighted by Gasteiger charge is -2.42. The molecule has 1 aliphatic rings. The van der Waals surface area contributed by atoms with Crippen molar-refractivity contribution in [2.24, 2.45) is 0 Å². The first kappa shape index (κ1) is 14.3. The van der Waals surface area contributed by atoms with Gasteiger partial charge in [0.2, 0.25) is 5.78 Å². The third kappa shape index (κ3) is 2.46. The molecule has 0 N–H and O–H groups in total. The molecule has 0 bridgehead atoms. The largest absolute Gasteiger partial charge is 0.293 e. The summed E-state index contributed by atoms with van der Waals surface area (Å²) in [5.41, 5.74) is 2.95. The molecule has 0 spiro atoms. The van der Waals surface area contributed by atoms with Crippen LogP contribution in [0.25, 0.3) is 0 Å². The first-order chi connectivity index (χ1) is 8.65. The molecule has 0 radical (unpaired) electrons. The predicted octanol–water partition coefficient (Wildman–Crippen LogP) is 3.98. The molecule has 2 nitrogen and oxygen atoms in total. The number of halogens is 1. The quantitative estimate of drug-likeness (QED) is 0.466. The van der Waals surface area contributed by atoms with E-state index in [-0.39, 0.29) is 10.8 Å². The van der Waals surface area contributed by atoms with Gasteiger partial charge in [-0.2, -0.15) is 0 Å². The maximum Gasteiger partial charge on any atom is 0.293 e. The summed E-state index contributed by atoms with van der Waals surface area (Å²) in [7, 11) is 0. The Labute approximate surface area is 119 Å². The summed E-state index contributed by atoms with van der Waals surface area (Å²) in [6.45, 7) is 8.79. The SMILES string of the molecule is CC1(C)CCC(C)(C)c2cc(C(=O)C(=O)Cl)ccc21. The van der Waals surface area contributed by atoms with Gasteiger partial charge in [0.1, 0.15) is 0 Å². The molecular weight excluding hydrogens is 260 g/mol. The molecule has 0 unspecified atom stereocenters. The van der Waals surface area contributed by atoms with Gasteiger partial charge >= 0.3 is 0 Å². The van der Waals surface area contributed by atoms with Crippen molar-refractivity contribution < 1.29 is 9.59 Å². The van der Waals surface area contributed by atoms with E-state index in [9.17, 15) is 9.59 Å². The zero-order valence-electron chi connectivity index (χ0n) is 11.8. The van der Waals surface area contributed by atoms with Crippen LogP contribution in [0.5, 0.6) is 0 Å². The molecule has 1 aromatic rings. The van der Waals surface area contributed by atoms with Gasteiger partial charge in [-0.15, -0.1) is 0 Å². The van der Waals surface area contributed by atoms with E-state index in [0.717, 1.165) is 18.4 Å². The van der Waals surface area contributed by atoms with Crippen LogP contribution in [0.2, 0.25) is 0 Å². The molecule has 1 aromatic carbocycles. The van der Waals surface area contributed by atoms with Gasteiger partial charge in [0.15, 0.2) is 0 Å². The predicted molar refractivity (Wildman–Crippen MR) is 76.9 cm³/mol. The van der Waals surface area contributed by atoms with Crippen LogP contribution in [0.3, 0.4) is 0 Å². The number of ketones is 1. The minimum Gasteiger partial charge on any atom is -0.284 e. The fraction of sp³-hybridized carbons (Fsp3) is 0.500. The van der Waals surface area contributed by atoms with Crippen molar-refractivity contribution in [2.45, 2.75) is 51.4 Å². The highest BCUT2D eigenvalue weighted by molar-refractivity contribution is 6.83. The molecule has 0 heterocycles. The number of rotatable bonds is 2. The summed E-state index contributed by atoms with van der Waals surface area (Å²) in [5.74, 6) is -0.622. The normalized spacial score (nSPS) is 19.6. The van der Waals surface area contributed by atoms with E-state index in [1.807, 2.05) is 12.1 Å². The summed E-state index contributed by atoms with van der Waals surface area (Å²) in [5, 5.41) is -0.923. The van der Waals surface area contributed by atoms with Crippen LogP contribution in [-0.4, -0.2) is 11.0 Å². The molecule has 102 valence electrons. The summed E-state index contributed by atoms with van der Waals surface area (Å²) < 4.78 is 0. The lowest BCUT2D eigenvalue weighted by Crippen LogP contribution is -2.34. The highest BCUT2D eigenvalue weighted by Crippen LogP contribution is 2.45. The van der Waals surface area contributed by atoms with Gasteiger partial charge in [0.05, 0.1) is 0 Å². The zero-order valence-corrected chi connectivity index (χ0v) is 12.6. The van der Waals surface area contributed by atoms with Crippen LogP contribution in [0.4, 0.5) is 0 Å². The molecule has 0 aromatic heterocycles. The van der Waals surface area contributed by atoms with Gasteiger partial charge in [0.25, 0.3) is 5.24 Å². The monoisotopic (exact) mass is 278 g/mol. The molecule has 0 aliphatic heterocycles. The number of carbonyl (C=O) groups is 2. The first-order valence-electron chi connectivity index (χ1n) is 6.54. The molecule has 0 atom stereocenters. The summed E-state index contributed by atoms with van der Waals surface area (Å²) >= 11 is 5.28. The Balaban J connectivity index is 2.60. The Morgan fingerprint density at radius 3 is 2.05 bits per heavy atom. The summed E-state index contributed by atoms with van der Waals surface area (Å²) in [6.07, 6.45) is 2.19. The second-order valence-electron chi connectivity index (χ2n) is 6.63. The molecule has 0 saturated heterocycles. The van der Waals surface area contributed by atoms with Crippen molar-refractivity contribution in [3.8, 4) is 0 Å². The van der Waals surface area contributed by atoms with Crippen LogP contribution in [0.1, 0.15) is 62.0 Å². The van der Waals surface area contributed by atoms with Gasteiger partial charge < -0.3 is 0 Å². The number of benzene rings is 1. The number of hydrogen-bond acceptors (Lipinski definition) is 2. The maximum absolute atomic E-state index is 11.7. The highest BCUT2D eigenvalue weighted by atomic mass is 35.5. The van der Waals surface area contributed by atoms with Crippen molar-refractivity contribution in [3.63, 3.8) is 0 Å². The molecular formula is C16H19ClO2. The van der Waals surface area contributed by atoms with E-state index in [2.05, 4.69) is 27.7 Å². The lowest BCUT2D eigenvalue weighted by atomic mass is 9.63. The Morgan fingerprint density at radius 1 is 1.00 bits per heavy atom. The van der Waals surface area contributed by atoms with E-state index in [4.69, 9.17) is 11.6 Å². The van der Waals surface area contributed by atoms with Gasteiger partial charge in [0, 0.05) is 5.56 Å². The fourth-order valence-electron chi connectivity index (χ4n) is 2.84. The lowest BCUT2D eigenvalue weighted by molar-refractivity contribution is -0.108. The average molecular weight is 279 g/mol. The topological polar surface area (TPSA) is 34.1 Å². The van der Waals surface area contributed by atoms with E-state index in [1.54, 1.807) is 6.07 Å². The zero-order chi connectivity index (χ0) is 14.4. The first-order valence-corrected chi connectivity index (χ1v) is 6.92. The average Bonchev–Trinajstić information content (AvgIpc) is 2.33. The van der Waals surface area contributed by atoms with E-state index >= 15 is 0 Å². The van der Waals surface area contributed by atoms with Gasteiger partial charge in [-0.3, -0.25) is 9.59 Å². The van der Waals surface area contributed by atoms with Crippen LogP contribution in [-0.2, 0) is 15.6 Å². The molecule has 0 amide bonds. The van der Waals surface area contributed by atoms with Gasteiger partial charge in [-0.1, -0.05) is 39.8 Å². The second-order valence-corrected chi connectivity index (χ2v) is 6.97. The Bertz CT molecular complexity index is 556. The Kier molecular flexibility index (Phi) is 3.34. The standard InChI is InChI=1S/C16H19ClO2/c1-15(2)7-8-16(3,4)12-9-10(5-6-11(12)15)13(18)14(17)19/h5-6,9H,7-8H2,1-4H3. The third-order valence-corrected chi connectivity index (χ3v) is 4.47. The van der Waals surface area contributed by atoms with Crippen LogP contribution < -0.4 is 0 Å².